The summed E-state index contributed by atoms with van der Waals surface area (Å²) in [5, 5.41) is 6.88. The number of carbonyl (C=O) groups excluding carboxylic acids is 1. The molecule has 1 saturated carbocycles. The summed E-state index contributed by atoms with van der Waals surface area (Å²) in [7, 11) is -1.76. The van der Waals surface area contributed by atoms with Gasteiger partial charge < -0.3 is 4.90 Å². The fourth-order valence-electron chi connectivity index (χ4n) is 5.13. The predicted octanol–water partition coefficient (Wildman–Crippen LogP) is 4.39. The van der Waals surface area contributed by atoms with Crippen LogP contribution in [0.1, 0.15) is 48.6 Å². The average molecular weight is 572 g/mol. The zero-order valence-corrected chi connectivity index (χ0v) is 22.8. The molecule has 1 aromatic carbocycles. The fourth-order valence-corrected chi connectivity index (χ4v) is 7.40. The number of nitrogens with zero attached hydrogens (tertiary/aromatic N) is 4. The maximum absolute atomic E-state index is 13.5. The van der Waals surface area contributed by atoms with Crippen LogP contribution in [0.2, 0.25) is 0 Å². The number of hydrogen-bond donors (Lipinski definition) is 1. The number of anilines is 1. The van der Waals surface area contributed by atoms with E-state index in [1.807, 2.05) is 11.9 Å². The second kappa shape index (κ2) is 11.8. The third-order valence-electron chi connectivity index (χ3n) is 7.29. The van der Waals surface area contributed by atoms with Crippen LogP contribution in [0.3, 0.4) is 0 Å². The molecule has 1 aliphatic carbocycles. The van der Waals surface area contributed by atoms with Crippen molar-refractivity contribution < 1.29 is 26.4 Å². The van der Waals surface area contributed by atoms with Crippen LogP contribution in [0.4, 0.5) is 18.3 Å². The molecule has 1 N–H and O–H groups in total. The van der Waals surface area contributed by atoms with Crippen molar-refractivity contribution in [3.8, 4) is 0 Å². The van der Waals surface area contributed by atoms with Crippen LogP contribution in [-0.2, 0) is 20.8 Å². The molecule has 2 heterocycles. The summed E-state index contributed by atoms with van der Waals surface area (Å²) in [5.74, 6) is -0.851. The van der Waals surface area contributed by atoms with Gasteiger partial charge >= 0.3 is 6.18 Å². The van der Waals surface area contributed by atoms with Crippen molar-refractivity contribution >= 4 is 32.2 Å². The van der Waals surface area contributed by atoms with Gasteiger partial charge in [-0.15, -0.1) is 16.8 Å². The molecule has 2 aliphatic rings. The third-order valence-corrected chi connectivity index (χ3v) is 10.2. The second-order valence-corrected chi connectivity index (χ2v) is 12.9. The molecule has 208 valence electrons. The minimum atomic E-state index is -4.64. The number of nitrogens with one attached hydrogen (secondary N) is 1. The van der Waals surface area contributed by atoms with Crippen molar-refractivity contribution in [2.24, 2.45) is 5.92 Å². The molecule has 0 bridgehead atoms. The van der Waals surface area contributed by atoms with Gasteiger partial charge in [0.25, 0.3) is 0 Å². The summed E-state index contributed by atoms with van der Waals surface area (Å²) in [6.07, 6.45) is 1.40. The van der Waals surface area contributed by atoms with E-state index in [0.29, 0.717) is 31.0 Å². The Kier molecular flexibility index (Phi) is 8.90. The van der Waals surface area contributed by atoms with Crippen LogP contribution < -0.4 is 5.32 Å². The number of aromatic nitrogens is 2. The van der Waals surface area contributed by atoms with Gasteiger partial charge in [0.1, 0.15) is 5.37 Å². The minimum absolute atomic E-state index is 0.129. The number of carbonyl (C=O) groups is 1. The topological polar surface area (TPSA) is 95.5 Å². The Morgan fingerprint density at radius 1 is 1.16 bits per heavy atom. The molecule has 8 nitrogen and oxygen atoms in total. The van der Waals surface area contributed by atoms with E-state index in [9.17, 15) is 26.4 Å². The van der Waals surface area contributed by atoms with E-state index in [1.165, 1.54) is 18.2 Å². The van der Waals surface area contributed by atoms with Gasteiger partial charge in [-0.05, 0) is 37.1 Å². The summed E-state index contributed by atoms with van der Waals surface area (Å²) in [6, 6.07) is 6.24. The van der Waals surface area contributed by atoms with Gasteiger partial charge in [0.05, 0.1) is 10.8 Å². The summed E-state index contributed by atoms with van der Waals surface area (Å²) < 4.78 is 65.7. The Balaban J connectivity index is 1.54. The first-order valence-corrected chi connectivity index (χ1v) is 15.0. The number of benzene rings is 1. The maximum Gasteiger partial charge on any atom is 0.445 e. The molecule has 1 aliphatic heterocycles. The van der Waals surface area contributed by atoms with Gasteiger partial charge in [-0.2, -0.15) is 13.2 Å². The molecule has 2 unspecified atom stereocenters. The number of amides is 1. The lowest BCUT2D eigenvalue weighted by Crippen LogP contribution is -2.50. The van der Waals surface area contributed by atoms with Gasteiger partial charge in [0.2, 0.25) is 16.0 Å². The molecule has 38 heavy (non-hydrogen) atoms. The molecule has 2 fully saturated rings. The Morgan fingerprint density at radius 2 is 1.79 bits per heavy atom. The number of halogens is 3. The van der Waals surface area contributed by atoms with Crippen LogP contribution in [0.15, 0.2) is 41.8 Å². The molecular formula is C25H32F3N5O3S2. The van der Waals surface area contributed by atoms with Crippen molar-refractivity contribution in [1.82, 2.24) is 20.0 Å². The smallest absolute Gasteiger partial charge is 0.304 e. The van der Waals surface area contributed by atoms with Gasteiger partial charge in [0, 0.05) is 26.2 Å². The molecule has 1 amide bonds. The third kappa shape index (κ3) is 6.61. The molecule has 2 aromatic rings. The molecule has 0 radical (unpaired) electrons. The standard InChI is InChI=1S/C25H32F3N5O3S2/c1-3-21(33-14-12-32(2)13-15-33)38(35,36)19-10-8-18(9-11-19)20(16-17-6-4-5-7-17)22(34)29-24-31-30-23(37-24)25(26,27)28/h3,8-11,17,20-21H,1,4-7,12-16H2,2H3,(H,29,31,34). The highest BCUT2D eigenvalue weighted by atomic mass is 32.2. The van der Waals surface area contributed by atoms with Crippen molar-refractivity contribution in [3.05, 3.63) is 47.5 Å². The molecule has 2 atom stereocenters. The molecule has 1 saturated heterocycles. The van der Waals surface area contributed by atoms with Crippen molar-refractivity contribution in [3.63, 3.8) is 0 Å². The first-order chi connectivity index (χ1) is 18.0. The Hall–Kier alpha value is -2.35. The van der Waals surface area contributed by atoms with E-state index in [-0.39, 0.29) is 21.4 Å². The van der Waals surface area contributed by atoms with Crippen LogP contribution in [0, 0.1) is 5.92 Å². The fraction of sp³-hybridized carbons (Fsp3) is 0.560. The minimum Gasteiger partial charge on any atom is -0.304 e. The monoisotopic (exact) mass is 571 g/mol. The van der Waals surface area contributed by atoms with E-state index in [1.54, 1.807) is 12.1 Å². The lowest BCUT2D eigenvalue weighted by molar-refractivity contribution is -0.138. The lowest BCUT2D eigenvalue weighted by atomic mass is 9.87. The first-order valence-electron chi connectivity index (χ1n) is 12.6. The van der Waals surface area contributed by atoms with Gasteiger partial charge in [0.15, 0.2) is 9.84 Å². The van der Waals surface area contributed by atoms with E-state index in [4.69, 9.17) is 0 Å². The maximum atomic E-state index is 13.5. The zero-order chi connectivity index (χ0) is 27.5. The predicted molar refractivity (Wildman–Crippen MR) is 140 cm³/mol. The summed E-state index contributed by atoms with van der Waals surface area (Å²) in [6.45, 7) is 6.50. The summed E-state index contributed by atoms with van der Waals surface area (Å²) >= 11 is 0.273. The SMILES string of the molecule is C=CC(N1CCN(C)CC1)S(=O)(=O)c1ccc(C(CC2CCCC2)C(=O)Nc2nnc(C(F)(F)F)s2)cc1. The highest BCUT2D eigenvalue weighted by Crippen LogP contribution is 2.37. The summed E-state index contributed by atoms with van der Waals surface area (Å²) in [4.78, 5) is 17.4. The van der Waals surface area contributed by atoms with E-state index in [0.717, 1.165) is 38.8 Å². The Labute approximate surface area is 224 Å². The van der Waals surface area contributed by atoms with Crippen molar-refractivity contribution in [2.45, 2.75) is 54.5 Å². The number of rotatable bonds is 9. The molecule has 13 heteroatoms. The largest absolute Gasteiger partial charge is 0.445 e. The van der Waals surface area contributed by atoms with Crippen LogP contribution in [0.25, 0.3) is 0 Å². The number of alkyl halides is 3. The molecule has 1 aromatic heterocycles. The highest BCUT2D eigenvalue weighted by molar-refractivity contribution is 7.92. The van der Waals surface area contributed by atoms with Gasteiger partial charge in [-0.25, -0.2) is 8.42 Å². The average Bonchev–Trinajstić information content (AvgIpc) is 3.56. The Bertz CT molecular complexity index is 1220. The van der Waals surface area contributed by atoms with Crippen molar-refractivity contribution in [1.29, 1.82) is 0 Å². The van der Waals surface area contributed by atoms with E-state index in [2.05, 4.69) is 27.0 Å². The zero-order valence-electron chi connectivity index (χ0n) is 21.2. The van der Waals surface area contributed by atoms with E-state index >= 15 is 0 Å². The lowest BCUT2D eigenvalue weighted by Gasteiger charge is -2.36. The quantitative estimate of drug-likeness (QED) is 0.446. The number of piperazine rings is 1. The number of likely N-dealkylation sites (N-methyl/N-ethyl adjacent to an activating group) is 1. The highest BCUT2D eigenvalue weighted by Gasteiger charge is 2.37. The normalized spacial score (nSPS) is 19.8. The Morgan fingerprint density at radius 3 is 2.34 bits per heavy atom. The first kappa shape index (κ1) is 28.7. The van der Waals surface area contributed by atoms with E-state index < -0.39 is 38.2 Å². The van der Waals surface area contributed by atoms with Gasteiger partial charge in [-0.3, -0.25) is 15.0 Å². The molecule has 0 spiro atoms. The van der Waals surface area contributed by atoms with Crippen molar-refractivity contribution in [2.75, 3.05) is 38.5 Å². The van der Waals surface area contributed by atoms with Gasteiger partial charge in [-0.1, -0.05) is 55.2 Å². The second-order valence-electron chi connectivity index (χ2n) is 9.92. The summed E-state index contributed by atoms with van der Waals surface area (Å²) in [5.41, 5.74) is 0.601. The molecule has 4 rings (SSSR count). The van der Waals surface area contributed by atoms with Crippen LogP contribution in [0.5, 0.6) is 0 Å². The van der Waals surface area contributed by atoms with Crippen LogP contribution >= 0.6 is 11.3 Å². The van der Waals surface area contributed by atoms with Crippen LogP contribution in [-0.4, -0.2) is 72.9 Å². The number of hydrogen-bond acceptors (Lipinski definition) is 8. The number of sulfone groups is 1. The molecular weight excluding hydrogens is 539 g/mol.